The number of oxime groups is 1. The molecular weight excluding hydrogens is 260 g/mol. The minimum absolute atomic E-state index is 0.0807. The number of amidine groups is 1. The van der Waals surface area contributed by atoms with Gasteiger partial charge in [0.1, 0.15) is 0 Å². The normalized spacial score (nSPS) is 16.8. The number of non-ortho nitro benzene ring substituents is 1. The molecule has 1 aromatic rings. The van der Waals surface area contributed by atoms with Gasteiger partial charge in [-0.15, -0.1) is 0 Å². The Morgan fingerprint density at radius 1 is 1.60 bits per heavy atom. The van der Waals surface area contributed by atoms with Gasteiger partial charge < -0.3 is 15.8 Å². The number of nitro groups is 1. The molecule has 7 heteroatoms. The van der Waals surface area contributed by atoms with Gasteiger partial charge in [-0.3, -0.25) is 10.1 Å². The van der Waals surface area contributed by atoms with Crippen LogP contribution in [0.3, 0.4) is 0 Å². The summed E-state index contributed by atoms with van der Waals surface area (Å²) in [4.78, 5) is 12.4. The van der Waals surface area contributed by atoms with Gasteiger partial charge in [-0.05, 0) is 31.7 Å². The zero-order valence-corrected chi connectivity index (χ0v) is 11.5. The van der Waals surface area contributed by atoms with Crippen molar-refractivity contribution in [2.24, 2.45) is 16.8 Å². The van der Waals surface area contributed by atoms with Crippen LogP contribution in [0.2, 0.25) is 0 Å². The van der Waals surface area contributed by atoms with Crippen molar-refractivity contribution < 1.29 is 10.1 Å². The summed E-state index contributed by atoms with van der Waals surface area (Å²) in [6.07, 6.45) is 2.38. The van der Waals surface area contributed by atoms with Crippen molar-refractivity contribution in [2.45, 2.75) is 25.8 Å². The molecule has 3 N–H and O–H groups in total. The first-order valence-electron chi connectivity index (χ1n) is 6.45. The monoisotopic (exact) mass is 278 g/mol. The van der Waals surface area contributed by atoms with E-state index in [0.717, 1.165) is 5.69 Å². The van der Waals surface area contributed by atoms with Crippen molar-refractivity contribution in [1.82, 2.24) is 0 Å². The van der Waals surface area contributed by atoms with E-state index in [2.05, 4.69) is 12.1 Å². The Morgan fingerprint density at radius 3 is 2.75 bits per heavy atom. The lowest BCUT2D eigenvalue weighted by Gasteiger charge is -2.28. The zero-order valence-electron chi connectivity index (χ0n) is 11.5. The average Bonchev–Trinajstić information content (AvgIpc) is 3.28. The number of nitrogens with zero attached hydrogens (tertiary/aromatic N) is 3. The van der Waals surface area contributed by atoms with Crippen molar-refractivity contribution >= 4 is 17.2 Å². The van der Waals surface area contributed by atoms with E-state index in [1.54, 1.807) is 6.07 Å². The Hall–Kier alpha value is -2.31. The molecule has 0 radical (unpaired) electrons. The highest BCUT2D eigenvalue weighted by Crippen LogP contribution is 2.37. The van der Waals surface area contributed by atoms with Crippen molar-refractivity contribution in [2.75, 3.05) is 11.9 Å². The first kappa shape index (κ1) is 14.1. The number of benzene rings is 1. The number of hydrogen-bond acceptors (Lipinski definition) is 5. The molecular formula is C13H18N4O3. The number of rotatable bonds is 5. The predicted molar refractivity (Wildman–Crippen MR) is 76.2 cm³/mol. The van der Waals surface area contributed by atoms with Crippen LogP contribution >= 0.6 is 0 Å². The van der Waals surface area contributed by atoms with Crippen LogP contribution in [0.5, 0.6) is 0 Å². The summed E-state index contributed by atoms with van der Waals surface area (Å²) in [5, 5.41) is 22.7. The van der Waals surface area contributed by atoms with Crippen molar-refractivity contribution in [3.8, 4) is 0 Å². The Kier molecular flexibility index (Phi) is 3.78. The second-order valence-corrected chi connectivity index (χ2v) is 5.13. The Bertz CT molecular complexity index is 555. The lowest BCUT2D eigenvalue weighted by molar-refractivity contribution is -0.384. The molecule has 2 rings (SSSR count). The molecule has 0 aliphatic heterocycles. The van der Waals surface area contributed by atoms with Crippen LogP contribution in [0.4, 0.5) is 11.4 Å². The summed E-state index contributed by atoms with van der Waals surface area (Å²) in [6, 6.07) is 4.71. The fourth-order valence-electron chi connectivity index (χ4n) is 2.32. The van der Waals surface area contributed by atoms with Crippen LogP contribution in [0.1, 0.15) is 25.3 Å². The van der Waals surface area contributed by atoms with Gasteiger partial charge in [-0.1, -0.05) is 5.16 Å². The molecule has 0 aromatic heterocycles. The van der Waals surface area contributed by atoms with E-state index in [1.165, 1.54) is 25.0 Å². The molecule has 1 aliphatic rings. The second-order valence-electron chi connectivity index (χ2n) is 5.13. The van der Waals surface area contributed by atoms with Crippen LogP contribution in [-0.2, 0) is 0 Å². The van der Waals surface area contributed by atoms with E-state index in [0.29, 0.717) is 17.5 Å². The van der Waals surface area contributed by atoms with Gasteiger partial charge in [-0.2, -0.15) is 0 Å². The molecule has 1 aliphatic carbocycles. The van der Waals surface area contributed by atoms with Gasteiger partial charge in [0, 0.05) is 30.9 Å². The van der Waals surface area contributed by atoms with Crippen LogP contribution in [0.15, 0.2) is 23.4 Å². The summed E-state index contributed by atoms with van der Waals surface area (Å²) >= 11 is 0. The Morgan fingerprint density at radius 2 is 2.25 bits per heavy atom. The average molecular weight is 278 g/mol. The van der Waals surface area contributed by atoms with E-state index in [9.17, 15) is 10.1 Å². The third kappa shape index (κ3) is 2.66. The zero-order chi connectivity index (χ0) is 14.9. The molecule has 1 saturated carbocycles. The lowest BCUT2D eigenvalue weighted by atomic mass is 10.1. The SMILES string of the molecule is CC(C1CC1)N(C)c1ccc([N+](=O)[O-])cc1C(N)=NO. The van der Waals surface area contributed by atoms with Gasteiger partial charge in [0.2, 0.25) is 0 Å². The third-order valence-corrected chi connectivity index (χ3v) is 3.87. The lowest BCUT2D eigenvalue weighted by Crippen LogP contribution is -2.32. The van der Waals surface area contributed by atoms with Crippen LogP contribution in [0, 0.1) is 16.0 Å². The summed E-state index contributed by atoms with van der Waals surface area (Å²) in [5.41, 5.74) is 6.66. The van der Waals surface area contributed by atoms with Gasteiger partial charge in [0.05, 0.1) is 10.5 Å². The summed E-state index contributed by atoms with van der Waals surface area (Å²) in [7, 11) is 1.91. The fraction of sp³-hybridized carbons (Fsp3) is 0.462. The van der Waals surface area contributed by atoms with E-state index >= 15 is 0 Å². The van der Waals surface area contributed by atoms with Gasteiger partial charge in [-0.25, -0.2) is 0 Å². The number of hydrogen-bond donors (Lipinski definition) is 2. The quantitative estimate of drug-likeness (QED) is 0.281. The van der Waals surface area contributed by atoms with Crippen molar-refractivity contribution in [3.05, 3.63) is 33.9 Å². The molecule has 0 saturated heterocycles. The number of nitrogens with two attached hydrogens (primary N) is 1. The molecule has 1 atom stereocenters. The fourth-order valence-corrected chi connectivity index (χ4v) is 2.32. The summed E-state index contributed by atoms with van der Waals surface area (Å²) in [6.45, 7) is 2.11. The topological polar surface area (TPSA) is 105 Å². The highest BCUT2D eigenvalue weighted by atomic mass is 16.6. The van der Waals surface area contributed by atoms with Crippen molar-refractivity contribution in [3.63, 3.8) is 0 Å². The van der Waals surface area contributed by atoms with Gasteiger partial charge in [0.25, 0.3) is 5.69 Å². The van der Waals surface area contributed by atoms with Crippen LogP contribution < -0.4 is 10.6 Å². The third-order valence-electron chi connectivity index (χ3n) is 3.87. The van der Waals surface area contributed by atoms with E-state index in [4.69, 9.17) is 10.9 Å². The maximum atomic E-state index is 10.8. The van der Waals surface area contributed by atoms with E-state index in [1.807, 2.05) is 11.9 Å². The summed E-state index contributed by atoms with van der Waals surface area (Å²) in [5.74, 6) is 0.508. The summed E-state index contributed by atoms with van der Waals surface area (Å²) < 4.78 is 0. The first-order chi connectivity index (χ1) is 9.45. The number of nitro benzene ring substituents is 1. The Labute approximate surface area is 116 Å². The molecule has 7 nitrogen and oxygen atoms in total. The minimum atomic E-state index is -0.498. The smallest absolute Gasteiger partial charge is 0.270 e. The predicted octanol–water partition coefficient (Wildman–Crippen LogP) is 1.92. The first-order valence-corrected chi connectivity index (χ1v) is 6.45. The molecule has 20 heavy (non-hydrogen) atoms. The highest BCUT2D eigenvalue weighted by molar-refractivity contribution is 6.02. The van der Waals surface area contributed by atoms with Crippen molar-refractivity contribution in [1.29, 1.82) is 0 Å². The van der Waals surface area contributed by atoms with Gasteiger partial charge >= 0.3 is 0 Å². The standard InChI is InChI=1S/C13H18N4O3/c1-8(9-3-4-9)16(2)12-6-5-10(17(19)20)7-11(12)13(14)15-18/h5-9,18H,3-4H2,1-2H3,(H2,14,15). The second kappa shape index (κ2) is 5.36. The molecule has 1 aromatic carbocycles. The Balaban J connectivity index is 2.42. The molecule has 1 unspecified atom stereocenters. The van der Waals surface area contributed by atoms with E-state index in [-0.39, 0.29) is 11.5 Å². The molecule has 1 fully saturated rings. The van der Waals surface area contributed by atoms with E-state index < -0.39 is 4.92 Å². The maximum Gasteiger partial charge on any atom is 0.270 e. The highest BCUT2D eigenvalue weighted by Gasteiger charge is 2.31. The molecule has 108 valence electrons. The molecule has 0 heterocycles. The molecule has 0 bridgehead atoms. The molecule has 0 spiro atoms. The van der Waals surface area contributed by atoms with Gasteiger partial charge in [0.15, 0.2) is 5.84 Å². The van der Waals surface area contributed by atoms with Crippen LogP contribution in [-0.4, -0.2) is 29.1 Å². The van der Waals surface area contributed by atoms with Crippen LogP contribution in [0.25, 0.3) is 0 Å². The minimum Gasteiger partial charge on any atom is -0.409 e. The number of anilines is 1. The molecule has 0 amide bonds. The largest absolute Gasteiger partial charge is 0.409 e. The maximum absolute atomic E-state index is 10.8.